The van der Waals surface area contributed by atoms with E-state index in [9.17, 15) is 18.8 Å². The largest absolute Gasteiger partial charge is 0.468 e. The molecule has 0 aliphatic carbocycles. The molecule has 3 amide bonds. The van der Waals surface area contributed by atoms with Crippen LogP contribution in [0.5, 0.6) is 0 Å². The van der Waals surface area contributed by atoms with Crippen LogP contribution in [-0.4, -0.2) is 61.9 Å². The Morgan fingerprint density at radius 1 is 1.00 bits per heavy atom. The van der Waals surface area contributed by atoms with Crippen LogP contribution >= 0.6 is 0 Å². The van der Waals surface area contributed by atoms with Gasteiger partial charge in [-0.15, -0.1) is 0 Å². The molecule has 2 aromatic carbocycles. The first-order valence-electron chi connectivity index (χ1n) is 13.2. The number of benzene rings is 2. The maximum Gasteiger partial charge on any atom is 0.313 e. The summed E-state index contributed by atoms with van der Waals surface area (Å²) in [7, 11) is 0. The summed E-state index contributed by atoms with van der Waals surface area (Å²) in [4.78, 5) is 43.8. The van der Waals surface area contributed by atoms with Gasteiger partial charge in [-0.25, -0.2) is 4.39 Å². The topological polar surface area (TPSA) is 98.1 Å². The van der Waals surface area contributed by atoms with Crippen molar-refractivity contribution in [3.8, 4) is 0 Å². The lowest BCUT2D eigenvalue weighted by Gasteiger charge is -2.39. The molecule has 1 aromatic heterocycles. The molecule has 2 aliphatic heterocycles. The molecule has 2 saturated heterocycles. The van der Waals surface area contributed by atoms with Crippen molar-refractivity contribution in [2.45, 2.75) is 25.8 Å². The minimum atomic E-state index is -0.781. The number of furan rings is 1. The summed E-state index contributed by atoms with van der Waals surface area (Å²) in [6.45, 7) is 5.60. The summed E-state index contributed by atoms with van der Waals surface area (Å²) in [5, 5.41) is 5.41. The number of halogens is 1. The molecule has 2 aliphatic rings. The number of nitrogens with one attached hydrogen (secondary N) is 2. The Bertz CT molecular complexity index is 1320. The second-order valence-electron chi connectivity index (χ2n) is 9.84. The summed E-state index contributed by atoms with van der Waals surface area (Å²) in [5.74, 6) is -1.04. The monoisotopic (exact) mass is 533 g/mol. The normalized spacial score (nSPS) is 16.8. The van der Waals surface area contributed by atoms with Crippen LogP contribution in [0.15, 0.2) is 65.3 Å². The first-order valence-corrected chi connectivity index (χ1v) is 13.2. The fourth-order valence-corrected chi connectivity index (χ4v) is 5.17. The zero-order chi connectivity index (χ0) is 27.4. The average molecular weight is 534 g/mol. The van der Waals surface area contributed by atoms with Crippen LogP contribution < -0.4 is 20.4 Å². The molecule has 2 fully saturated rings. The quantitative estimate of drug-likeness (QED) is 0.452. The minimum Gasteiger partial charge on any atom is -0.468 e. The zero-order valence-electron chi connectivity index (χ0n) is 21.9. The number of hydrogen-bond acceptors (Lipinski definition) is 6. The average Bonchev–Trinajstić information content (AvgIpc) is 3.63. The molecule has 0 radical (unpaired) electrons. The van der Waals surface area contributed by atoms with Crippen molar-refractivity contribution in [3.63, 3.8) is 0 Å². The van der Waals surface area contributed by atoms with Crippen LogP contribution in [0, 0.1) is 12.7 Å². The summed E-state index contributed by atoms with van der Waals surface area (Å²) in [6.07, 6.45) is 2.90. The van der Waals surface area contributed by atoms with E-state index in [0.717, 1.165) is 36.4 Å². The molecular weight excluding hydrogens is 501 g/mol. The number of rotatable bonds is 7. The number of carbonyl (C=O) groups is 3. The highest BCUT2D eigenvalue weighted by atomic mass is 19.1. The summed E-state index contributed by atoms with van der Waals surface area (Å²) in [6, 6.07) is 15.1. The van der Waals surface area contributed by atoms with Crippen molar-refractivity contribution in [3.05, 3.63) is 78.0 Å². The summed E-state index contributed by atoms with van der Waals surface area (Å²) < 4.78 is 19.0. The van der Waals surface area contributed by atoms with Gasteiger partial charge in [0.05, 0.1) is 12.3 Å². The van der Waals surface area contributed by atoms with Gasteiger partial charge in [0, 0.05) is 62.8 Å². The highest BCUT2D eigenvalue weighted by Crippen LogP contribution is 2.28. The third-order valence-electron chi connectivity index (χ3n) is 7.31. The van der Waals surface area contributed by atoms with Gasteiger partial charge in [-0.05, 0) is 67.4 Å². The SMILES string of the molecule is Cc1ccc(NC(=O)C(=O)NCC(c2ccco2)N2CCN(c3ccc(F)cc3)CC2)cc1N1CCCC1=O. The van der Waals surface area contributed by atoms with Crippen LogP contribution in [0.2, 0.25) is 0 Å². The van der Waals surface area contributed by atoms with E-state index in [4.69, 9.17) is 4.42 Å². The molecule has 10 heteroatoms. The number of nitrogens with zero attached hydrogens (tertiary/aromatic N) is 3. The molecule has 5 rings (SSSR count). The van der Waals surface area contributed by atoms with Crippen molar-refractivity contribution in [2.75, 3.05) is 54.4 Å². The van der Waals surface area contributed by atoms with Gasteiger partial charge < -0.3 is 24.9 Å². The molecule has 1 atom stereocenters. The Kier molecular flexibility index (Phi) is 7.92. The summed E-state index contributed by atoms with van der Waals surface area (Å²) in [5.41, 5.74) is 3.08. The first kappa shape index (κ1) is 26.4. The number of carbonyl (C=O) groups excluding carboxylic acids is 3. The van der Waals surface area contributed by atoms with Gasteiger partial charge in [0.25, 0.3) is 0 Å². The van der Waals surface area contributed by atoms with Gasteiger partial charge in [-0.3, -0.25) is 19.3 Å². The van der Waals surface area contributed by atoms with Crippen LogP contribution in [0.4, 0.5) is 21.5 Å². The molecule has 204 valence electrons. The van der Waals surface area contributed by atoms with E-state index in [-0.39, 0.29) is 24.3 Å². The molecule has 3 aromatic rings. The Morgan fingerprint density at radius 2 is 1.77 bits per heavy atom. The molecule has 1 unspecified atom stereocenters. The second-order valence-corrected chi connectivity index (χ2v) is 9.84. The lowest BCUT2D eigenvalue weighted by molar-refractivity contribution is -0.136. The van der Waals surface area contributed by atoms with Gasteiger partial charge >= 0.3 is 11.8 Å². The number of hydrogen-bond donors (Lipinski definition) is 2. The lowest BCUT2D eigenvalue weighted by atomic mass is 10.1. The van der Waals surface area contributed by atoms with Crippen LogP contribution in [0.25, 0.3) is 0 Å². The fourth-order valence-electron chi connectivity index (χ4n) is 5.17. The summed E-state index contributed by atoms with van der Waals surface area (Å²) >= 11 is 0. The maximum absolute atomic E-state index is 13.3. The third kappa shape index (κ3) is 6.12. The van der Waals surface area contributed by atoms with Crippen molar-refractivity contribution in [2.24, 2.45) is 0 Å². The molecule has 39 heavy (non-hydrogen) atoms. The molecule has 3 heterocycles. The van der Waals surface area contributed by atoms with E-state index in [1.54, 1.807) is 41.5 Å². The van der Waals surface area contributed by atoms with E-state index in [1.165, 1.54) is 12.1 Å². The molecule has 0 spiro atoms. The Labute approximate surface area is 226 Å². The standard InChI is InChI=1S/C29H32FN5O4/c1-20-6-9-22(18-24(20)35-12-2-5-27(35)36)32-29(38)28(37)31-19-25(26-4-3-17-39-26)34-15-13-33(14-16-34)23-10-7-21(30)8-11-23/h3-4,6-11,17-18,25H,2,5,12-16,19H2,1H3,(H,31,37)(H,32,38). The minimum absolute atomic E-state index is 0.0572. The van der Waals surface area contributed by atoms with E-state index in [2.05, 4.69) is 20.4 Å². The molecule has 0 bridgehead atoms. The second kappa shape index (κ2) is 11.7. The highest BCUT2D eigenvalue weighted by Gasteiger charge is 2.29. The highest BCUT2D eigenvalue weighted by molar-refractivity contribution is 6.39. The van der Waals surface area contributed by atoms with Gasteiger partial charge in [-0.1, -0.05) is 6.07 Å². The molecular formula is C29H32FN5O4. The van der Waals surface area contributed by atoms with E-state index < -0.39 is 11.8 Å². The predicted molar refractivity (Wildman–Crippen MR) is 146 cm³/mol. The van der Waals surface area contributed by atoms with E-state index in [1.807, 2.05) is 19.1 Å². The first-order chi connectivity index (χ1) is 18.9. The van der Waals surface area contributed by atoms with Gasteiger partial charge in [0.1, 0.15) is 11.6 Å². The van der Waals surface area contributed by atoms with Crippen LogP contribution in [0.1, 0.15) is 30.2 Å². The number of anilines is 3. The van der Waals surface area contributed by atoms with Crippen LogP contribution in [-0.2, 0) is 14.4 Å². The number of piperazine rings is 1. The predicted octanol–water partition coefficient (Wildman–Crippen LogP) is 3.47. The Morgan fingerprint density at radius 3 is 2.44 bits per heavy atom. The van der Waals surface area contributed by atoms with Crippen LogP contribution in [0.3, 0.4) is 0 Å². The Hall–Kier alpha value is -4.18. The smallest absolute Gasteiger partial charge is 0.313 e. The van der Waals surface area contributed by atoms with Crippen molar-refractivity contribution >= 4 is 34.8 Å². The molecule has 9 nitrogen and oxygen atoms in total. The Balaban J connectivity index is 1.19. The van der Waals surface area contributed by atoms with Crippen molar-refractivity contribution < 1.29 is 23.2 Å². The zero-order valence-corrected chi connectivity index (χ0v) is 21.9. The fraction of sp³-hybridized carbons (Fsp3) is 0.345. The van der Waals surface area contributed by atoms with Crippen molar-refractivity contribution in [1.29, 1.82) is 0 Å². The van der Waals surface area contributed by atoms with Gasteiger partial charge in [0.15, 0.2) is 0 Å². The van der Waals surface area contributed by atoms with E-state index >= 15 is 0 Å². The number of aryl methyl sites for hydroxylation is 1. The third-order valence-corrected chi connectivity index (χ3v) is 7.31. The van der Waals surface area contributed by atoms with E-state index in [0.29, 0.717) is 37.5 Å². The maximum atomic E-state index is 13.3. The number of amides is 3. The molecule has 0 saturated carbocycles. The lowest BCUT2D eigenvalue weighted by Crippen LogP contribution is -2.50. The van der Waals surface area contributed by atoms with Gasteiger partial charge in [-0.2, -0.15) is 0 Å². The van der Waals surface area contributed by atoms with Crippen molar-refractivity contribution in [1.82, 2.24) is 10.2 Å². The molecule has 2 N–H and O–H groups in total. The van der Waals surface area contributed by atoms with Gasteiger partial charge in [0.2, 0.25) is 5.91 Å².